The van der Waals surface area contributed by atoms with Crippen LogP contribution >= 0.6 is 0 Å². The van der Waals surface area contributed by atoms with Crippen LogP contribution in [0.25, 0.3) is 22.6 Å². The van der Waals surface area contributed by atoms with Gasteiger partial charge >= 0.3 is 0 Å². The van der Waals surface area contributed by atoms with Crippen molar-refractivity contribution in [3.05, 3.63) is 54.4 Å². The van der Waals surface area contributed by atoms with Crippen molar-refractivity contribution in [2.24, 2.45) is 0 Å². The molecule has 1 heterocycles. The molecular formula is C18H18N2O2. The molecule has 0 saturated carbocycles. The Morgan fingerprint density at radius 3 is 2.09 bits per heavy atom. The number of rotatable bonds is 5. The zero-order chi connectivity index (χ0) is 15.4. The van der Waals surface area contributed by atoms with E-state index in [-0.39, 0.29) is 0 Å². The van der Waals surface area contributed by atoms with Gasteiger partial charge in [0.25, 0.3) is 5.89 Å². The van der Waals surface area contributed by atoms with E-state index in [1.807, 2.05) is 36.4 Å². The lowest BCUT2D eigenvalue weighted by atomic mass is 10.0. The Hall–Kier alpha value is -2.62. The Labute approximate surface area is 129 Å². The average Bonchev–Trinajstić information content (AvgIpc) is 3.04. The number of nitrogens with zero attached hydrogens (tertiary/aromatic N) is 2. The van der Waals surface area contributed by atoms with Crippen LogP contribution in [0.2, 0.25) is 0 Å². The van der Waals surface area contributed by atoms with Gasteiger partial charge in [-0.3, -0.25) is 0 Å². The molecule has 4 heteroatoms. The van der Waals surface area contributed by atoms with Gasteiger partial charge in [0.05, 0.1) is 7.11 Å². The molecule has 4 nitrogen and oxygen atoms in total. The summed E-state index contributed by atoms with van der Waals surface area (Å²) in [6.07, 6.45) is 1.85. The van der Waals surface area contributed by atoms with Crippen LogP contribution in [-0.4, -0.2) is 17.3 Å². The van der Waals surface area contributed by atoms with E-state index in [1.165, 1.54) is 0 Å². The summed E-state index contributed by atoms with van der Waals surface area (Å²) in [4.78, 5) is 4.40. The van der Waals surface area contributed by atoms with E-state index in [0.717, 1.165) is 41.1 Å². The largest absolute Gasteiger partial charge is 0.497 e. The first-order valence-electron chi connectivity index (χ1n) is 7.37. The minimum absolute atomic E-state index is 0.574. The minimum Gasteiger partial charge on any atom is -0.497 e. The van der Waals surface area contributed by atoms with Gasteiger partial charge in [0.15, 0.2) is 5.82 Å². The van der Waals surface area contributed by atoms with Gasteiger partial charge in [0.1, 0.15) is 5.75 Å². The lowest BCUT2D eigenvalue weighted by molar-refractivity contribution is 0.415. The Morgan fingerprint density at radius 1 is 0.909 bits per heavy atom. The van der Waals surface area contributed by atoms with Crippen LogP contribution in [0.3, 0.4) is 0 Å². The van der Waals surface area contributed by atoms with E-state index < -0.39 is 0 Å². The van der Waals surface area contributed by atoms with E-state index in [0.29, 0.717) is 5.89 Å². The molecule has 0 atom stereocenters. The summed E-state index contributed by atoms with van der Waals surface area (Å²) in [7, 11) is 1.67. The molecule has 0 amide bonds. The molecule has 0 radical (unpaired) electrons. The standard InChI is InChI=1S/C18H18N2O2/c1-3-4-17-19-18(22-20-17)15-7-5-13(6-8-15)14-9-11-16(21-2)12-10-14/h5-12H,3-4H2,1-2H3. The number of aromatic nitrogens is 2. The molecule has 0 spiro atoms. The van der Waals surface area contributed by atoms with Gasteiger partial charge in [-0.05, 0) is 41.8 Å². The third-order valence-electron chi connectivity index (χ3n) is 3.50. The molecule has 0 aliphatic rings. The second kappa shape index (κ2) is 6.43. The number of hydrogen-bond acceptors (Lipinski definition) is 4. The van der Waals surface area contributed by atoms with Gasteiger partial charge < -0.3 is 9.26 Å². The first kappa shape index (κ1) is 14.3. The summed E-state index contributed by atoms with van der Waals surface area (Å²) in [5.74, 6) is 2.19. The predicted octanol–water partition coefficient (Wildman–Crippen LogP) is 4.36. The van der Waals surface area contributed by atoms with Crippen molar-refractivity contribution < 1.29 is 9.26 Å². The fourth-order valence-electron chi connectivity index (χ4n) is 2.29. The summed E-state index contributed by atoms with van der Waals surface area (Å²) in [6, 6.07) is 16.1. The van der Waals surface area contributed by atoms with E-state index >= 15 is 0 Å². The van der Waals surface area contributed by atoms with Crippen molar-refractivity contribution in [1.82, 2.24) is 10.1 Å². The third kappa shape index (κ3) is 3.01. The summed E-state index contributed by atoms with van der Waals surface area (Å²) < 4.78 is 10.5. The van der Waals surface area contributed by atoms with Gasteiger partial charge in [0.2, 0.25) is 0 Å². The fraction of sp³-hybridized carbons (Fsp3) is 0.222. The van der Waals surface area contributed by atoms with Gasteiger partial charge in [-0.2, -0.15) is 4.98 Å². The molecule has 0 fully saturated rings. The highest BCUT2D eigenvalue weighted by Gasteiger charge is 2.08. The zero-order valence-electron chi connectivity index (χ0n) is 12.7. The zero-order valence-corrected chi connectivity index (χ0v) is 12.7. The van der Waals surface area contributed by atoms with Gasteiger partial charge in [-0.25, -0.2) is 0 Å². The van der Waals surface area contributed by atoms with Crippen LogP contribution in [0.15, 0.2) is 53.1 Å². The van der Waals surface area contributed by atoms with Crippen LogP contribution in [-0.2, 0) is 6.42 Å². The molecule has 0 aliphatic carbocycles. The molecule has 3 rings (SSSR count). The topological polar surface area (TPSA) is 48.2 Å². The maximum Gasteiger partial charge on any atom is 0.257 e. The number of methoxy groups -OCH3 is 1. The smallest absolute Gasteiger partial charge is 0.257 e. The molecule has 0 aliphatic heterocycles. The highest BCUT2D eigenvalue weighted by Crippen LogP contribution is 2.25. The van der Waals surface area contributed by atoms with Gasteiger partial charge in [0, 0.05) is 12.0 Å². The normalized spacial score (nSPS) is 10.6. The second-order valence-electron chi connectivity index (χ2n) is 5.07. The SMILES string of the molecule is CCCc1noc(-c2ccc(-c3ccc(OC)cc3)cc2)n1. The predicted molar refractivity (Wildman–Crippen MR) is 85.7 cm³/mol. The number of aryl methyl sites for hydroxylation is 1. The lowest BCUT2D eigenvalue weighted by Crippen LogP contribution is -1.86. The highest BCUT2D eigenvalue weighted by molar-refractivity contribution is 5.67. The molecule has 112 valence electrons. The first-order chi connectivity index (χ1) is 10.8. The van der Waals surface area contributed by atoms with Crippen LogP contribution in [0.5, 0.6) is 5.75 Å². The quantitative estimate of drug-likeness (QED) is 0.701. The molecule has 0 saturated heterocycles. The van der Waals surface area contributed by atoms with E-state index in [2.05, 4.69) is 29.2 Å². The Bertz CT molecular complexity index is 731. The average molecular weight is 294 g/mol. The fourth-order valence-corrected chi connectivity index (χ4v) is 2.29. The summed E-state index contributed by atoms with van der Waals surface area (Å²) in [5, 5.41) is 3.98. The van der Waals surface area contributed by atoms with Gasteiger partial charge in [-0.1, -0.05) is 36.3 Å². The van der Waals surface area contributed by atoms with E-state index in [9.17, 15) is 0 Å². The minimum atomic E-state index is 0.574. The molecule has 22 heavy (non-hydrogen) atoms. The number of hydrogen-bond donors (Lipinski definition) is 0. The van der Waals surface area contributed by atoms with Crippen molar-refractivity contribution in [3.63, 3.8) is 0 Å². The van der Waals surface area contributed by atoms with Crippen molar-refractivity contribution >= 4 is 0 Å². The molecule has 0 N–H and O–H groups in total. The third-order valence-corrected chi connectivity index (χ3v) is 3.50. The van der Waals surface area contributed by atoms with Crippen molar-refractivity contribution in [2.75, 3.05) is 7.11 Å². The monoisotopic (exact) mass is 294 g/mol. The molecular weight excluding hydrogens is 276 g/mol. The molecule has 2 aromatic carbocycles. The van der Waals surface area contributed by atoms with Gasteiger partial charge in [-0.15, -0.1) is 0 Å². The molecule has 1 aromatic heterocycles. The molecule has 3 aromatic rings. The van der Waals surface area contributed by atoms with Crippen molar-refractivity contribution in [3.8, 4) is 28.3 Å². The summed E-state index contributed by atoms with van der Waals surface area (Å²) in [5.41, 5.74) is 3.22. The molecule has 0 bridgehead atoms. The molecule has 0 unspecified atom stereocenters. The van der Waals surface area contributed by atoms with Crippen LogP contribution < -0.4 is 4.74 Å². The first-order valence-corrected chi connectivity index (χ1v) is 7.37. The Morgan fingerprint density at radius 2 is 1.50 bits per heavy atom. The summed E-state index contributed by atoms with van der Waals surface area (Å²) in [6.45, 7) is 2.10. The maximum absolute atomic E-state index is 5.30. The maximum atomic E-state index is 5.30. The van der Waals surface area contributed by atoms with E-state index in [4.69, 9.17) is 9.26 Å². The van der Waals surface area contributed by atoms with Crippen molar-refractivity contribution in [1.29, 1.82) is 0 Å². The Balaban J connectivity index is 1.81. The highest BCUT2D eigenvalue weighted by atomic mass is 16.5. The number of benzene rings is 2. The van der Waals surface area contributed by atoms with Crippen molar-refractivity contribution in [2.45, 2.75) is 19.8 Å². The lowest BCUT2D eigenvalue weighted by Gasteiger charge is -2.04. The number of ether oxygens (including phenoxy) is 1. The van der Waals surface area contributed by atoms with Crippen LogP contribution in [0, 0.1) is 0 Å². The Kier molecular flexibility index (Phi) is 4.19. The van der Waals surface area contributed by atoms with E-state index in [1.54, 1.807) is 7.11 Å². The summed E-state index contributed by atoms with van der Waals surface area (Å²) >= 11 is 0. The van der Waals surface area contributed by atoms with Crippen LogP contribution in [0.1, 0.15) is 19.2 Å². The second-order valence-corrected chi connectivity index (χ2v) is 5.07. The van der Waals surface area contributed by atoms with Crippen LogP contribution in [0.4, 0.5) is 0 Å².